The molecular formula is C22H26N2O5. The van der Waals surface area contributed by atoms with Crippen LogP contribution in [0.2, 0.25) is 0 Å². The van der Waals surface area contributed by atoms with Crippen LogP contribution in [0.15, 0.2) is 48.5 Å². The third-order valence-electron chi connectivity index (χ3n) is 4.27. The van der Waals surface area contributed by atoms with Crippen molar-refractivity contribution < 1.29 is 23.9 Å². The van der Waals surface area contributed by atoms with Gasteiger partial charge in [0, 0.05) is 11.3 Å². The minimum Gasteiger partial charge on any atom is -0.497 e. The molecule has 0 aromatic heterocycles. The van der Waals surface area contributed by atoms with Crippen molar-refractivity contribution in [3.05, 3.63) is 59.7 Å². The zero-order valence-corrected chi connectivity index (χ0v) is 17.0. The number of esters is 1. The Morgan fingerprint density at radius 3 is 2.10 bits per heavy atom. The molecule has 0 aliphatic carbocycles. The summed E-state index contributed by atoms with van der Waals surface area (Å²) in [5, 5.41) is 5.16. The summed E-state index contributed by atoms with van der Waals surface area (Å²) in [5.74, 6) is -0.554. The van der Waals surface area contributed by atoms with Crippen molar-refractivity contribution in [2.24, 2.45) is 0 Å². The molecule has 0 saturated heterocycles. The maximum absolute atomic E-state index is 12.2. The van der Waals surface area contributed by atoms with Crippen molar-refractivity contribution in [1.82, 2.24) is 5.32 Å². The highest BCUT2D eigenvalue weighted by molar-refractivity contribution is 5.97. The Balaban J connectivity index is 1.79. The molecule has 0 aliphatic rings. The highest BCUT2D eigenvalue weighted by Gasteiger charge is 2.18. The smallest absolute Gasteiger partial charge is 0.326 e. The molecule has 7 nitrogen and oxygen atoms in total. The van der Waals surface area contributed by atoms with E-state index in [4.69, 9.17) is 9.47 Å². The largest absolute Gasteiger partial charge is 0.497 e. The van der Waals surface area contributed by atoms with E-state index < -0.39 is 23.9 Å². The average molecular weight is 398 g/mol. The third-order valence-corrected chi connectivity index (χ3v) is 4.27. The minimum atomic E-state index is -0.995. The Hall–Kier alpha value is -3.35. The van der Waals surface area contributed by atoms with E-state index in [1.54, 1.807) is 36.4 Å². The van der Waals surface area contributed by atoms with Gasteiger partial charge in [-0.1, -0.05) is 26.0 Å². The monoisotopic (exact) mass is 398 g/mol. The van der Waals surface area contributed by atoms with Crippen molar-refractivity contribution in [3.63, 3.8) is 0 Å². The van der Waals surface area contributed by atoms with E-state index in [0.717, 1.165) is 5.56 Å². The number of amides is 2. The van der Waals surface area contributed by atoms with E-state index in [0.29, 0.717) is 22.9 Å². The predicted octanol–water partition coefficient (Wildman–Crippen LogP) is 3.12. The lowest BCUT2D eigenvalue weighted by Crippen LogP contribution is -2.35. The van der Waals surface area contributed by atoms with Crippen LogP contribution in [-0.2, 0) is 14.3 Å². The Kier molecular flexibility index (Phi) is 7.77. The van der Waals surface area contributed by atoms with Gasteiger partial charge >= 0.3 is 5.97 Å². The second-order valence-corrected chi connectivity index (χ2v) is 6.81. The molecule has 1 atom stereocenters. The molecule has 0 spiro atoms. The molecule has 0 heterocycles. The number of hydrogen-bond donors (Lipinski definition) is 2. The maximum Gasteiger partial charge on any atom is 0.326 e. The number of anilines is 1. The summed E-state index contributed by atoms with van der Waals surface area (Å²) in [4.78, 5) is 36.2. The van der Waals surface area contributed by atoms with E-state index in [9.17, 15) is 14.4 Å². The maximum atomic E-state index is 12.2. The fraction of sp³-hybridized carbons (Fsp3) is 0.318. The summed E-state index contributed by atoms with van der Waals surface area (Å²) in [6.07, 6.45) is -0.995. The van der Waals surface area contributed by atoms with Crippen molar-refractivity contribution in [1.29, 1.82) is 0 Å². The summed E-state index contributed by atoms with van der Waals surface area (Å²) in [7, 11) is 1.53. The van der Waals surface area contributed by atoms with Gasteiger partial charge in [0.1, 0.15) is 12.3 Å². The van der Waals surface area contributed by atoms with Crippen LogP contribution in [0.4, 0.5) is 5.69 Å². The molecular weight excluding hydrogens is 372 g/mol. The SMILES string of the molecule is COc1ccc(C(=O)NCC(=O)OC(C)C(=O)Nc2ccc(C(C)C)cc2)cc1. The molecule has 29 heavy (non-hydrogen) atoms. The predicted molar refractivity (Wildman–Crippen MR) is 110 cm³/mol. The topological polar surface area (TPSA) is 93.7 Å². The minimum absolute atomic E-state index is 0.342. The average Bonchev–Trinajstić information content (AvgIpc) is 2.72. The molecule has 154 valence electrons. The van der Waals surface area contributed by atoms with Crippen molar-refractivity contribution in [2.45, 2.75) is 32.8 Å². The van der Waals surface area contributed by atoms with Crippen LogP contribution in [0.1, 0.15) is 42.6 Å². The first-order chi connectivity index (χ1) is 13.8. The number of benzene rings is 2. The van der Waals surface area contributed by atoms with Crippen molar-refractivity contribution in [2.75, 3.05) is 19.0 Å². The Morgan fingerprint density at radius 2 is 1.55 bits per heavy atom. The van der Waals surface area contributed by atoms with Crippen LogP contribution < -0.4 is 15.4 Å². The molecule has 0 bridgehead atoms. The lowest BCUT2D eigenvalue weighted by Gasteiger charge is -2.14. The van der Waals surface area contributed by atoms with E-state index in [-0.39, 0.29) is 6.54 Å². The van der Waals surface area contributed by atoms with Crippen LogP contribution in [0.5, 0.6) is 5.75 Å². The van der Waals surface area contributed by atoms with Gasteiger partial charge in [-0.05, 0) is 54.8 Å². The van der Waals surface area contributed by atoms with Gasteiger partial charge in [-0.2, -0.15) is 0 Å². The zero-order chi connectivity index (χ0) is 21.4. The summed E-state index contributed by atoms with van der Waals surface area (Å²) in [6.45, 7) is 5.30. The summed E-state index contributed by atoms with van der Waals surface area (Å²) >= 11 is 0. The normalized spacial score (nSPS) is 11.5. The van der Waals surface area contributed by atoms with Gasteiger partial charge in [0.15, 0.2) is 6.10 Å². The molecule has 2 aromatic carbocycles. The molecule has 2 rings (SSSR count). The molecule has 0 aliphatic heterocycles. The van der Waals surface area contributed by atoms with Crippen LogP contribution in [0, 0.1) is 0 Å². The fourth-order valence-corrected chi connectivity index (χ4v) is 2.48. The molecule has 0 radical (unpaired) electrons. The van der Waals surface area contributed by atoms with E-state index in [1.165, 1.54) is 14.0 Å². The van der Waals surface area contributed by atoms with Gasteiger partial charge in [0.2, 0.25) is 0 Å². The molecule has 0 fully saturated rings. The Bertz CT molecular complexity index is 845. The lowest BCUT2D eigenvalue weighted by atomic mass is 10.0. The summed E-state index contributed by atoms with van der Waals surface area (Å²) < 4.78 is 10.1. The van der Waals surface area contributed by atoms with E-state index >= 15 is 0 Å². The molecule has 7 heteroatoms. The van der Waals surface area contributed by atoms with Gasteiger partial charge in [0.25, 0.3) is 11.8 Å². The molecule has 2 amide bonds. The van der Waals surface area contributed by atoms with Crippen LogP contribution >= 0.6 is 0 Å². The molecule has 1 unspecified atom stereocenters. The van der Waals surface area contributed by atoms with E-state index in [1.807, 2.05) is 12.1 Å². The fourth-order valence-electron chi connectivity index (χ4n) is 2.48. The van der Waals surface area contributed by atoms with Gasteiger partial charge in [-0.25, -0.2) is 0 Å². The van der Waals surface area contributed by atoms with E-state index in [2.05, 4.69) is 24.5 Å². The van der Waals surface area contributed by atoms with Crippen molar-refractivity contribution >= 4 is 23.5 Å². The van der Waals surface area contributed by atoms with Gasteiger partial charge in [-0.3, -0.25) is 14.4 Å². The lowest BCUT2D eigenvalue weighted by molar-refractivity contribution is -0.152. The number of rotatable bonds is 8. The highest BCUT2D eigenvalue weighted by Crippen LogP contribution is 2.17. The third kappa shape index (κ3) is 6.64. The Morgan fingerprint density at radius 1 is 0.931 bits per heavy atom. The zero-order valence-electron chi connectivity index (χ0n) is 17.0. The quantitative estimate of drug-likeness (QED) is 0.667. The number of hydrogen-bond acceptors (Lipinski definition) is 5. The first-order valence-electron chi connectivity index (χ1n) is 9.32. The standard InChI is InChI=1S/C22H26N2O5/c1-14(2)16-5-9-18(10-6-16)24-21(26)15(3)29-20(25)13-23-22(27)17-7-11-19(28-4)12-8-17/h5-12,14-15H,13H2,1-4H3,(H,23,27)(H,24,26). The molecule has 2 N–H and O–H groups in total. The Labute approximate surface area is 170 Å². The second kappa shape index (κ2) is 10.3. The number of nitrogens with one attached hydrogen (secondary N) is 2. The number of carbonyl (C=O) groups is 3. The number of ether oxygens (including phenoxy) is 2. The van der Waals surface area contributed by atoms with Gasteiger partial charge in [-0.15, -0.1) is 0 Å². The summed E-state index contributed by atoms with van der Waals surface area (Å²) in [5.41, 5.74) is 2.17. The highest BCUT2D eigenvalue weighted by atomic mass is 16.5. The first kappa shape index (κ1) is 21.9. The number of methoxy groups -OCH3 is 1. The summed E-state index contributed by atoms with van der Waals surface area (Å²) in [6, 6.07) is 13.9. The van der Waals surface area contributed by atoms with Crippen molar-refractivity contribution in [3.8, 4) is 5.75 Å². The van der Waals surface area contributed by atoms with Gasteiger partial charge < -0.3 is 20.1 Å². The van der Waals surface area contributed by atoms with Gasteiger partial charge in [0.05, 0.1) is 7.11 Å². The van der Waals surface area contributed by atoms with Crippen LogP contribution in [-0.4, -0.2) is 37.5 Å². The first-order valence-corrected chi connectivity index (χ1v) is 9.32. The number of carbonyl (C=O) groups excluding carboxylic acids is 3. The molecule has 2 aromatic rings. The second-order valence-electron chi connectivity index (χ2n) is 6.81. The molecule has 0 saturated carbocycles. The van der Waals surface area contributed by atoms with Crippen LogP contribution in [0.25, 0.3) is 0 Å². The van der Waals surface area contributed by atoms with Crippen LogP contribution in [0.3, 0.4) is 0 Å².